The Hall–Kier alpha value is -2.01. The van der Waals surface area contributed by atoms with Gasteiger partial charge in [-0.2, -0.15) is 5.10 Å². The first-order valence-corrected chi connectivity index (χ1v) is 9.08. The maximum absolute atomic E-state index is 12.6. The normalized spacial score (nSPS) is 10.8. The predicted molar refractivity (Wildman–Crippen MR) is 105 cm³/mol. The molecule has 0 aliphatic heterocycles. The minimum Gasteiger partial charge on any atom is -0.348 e. The Bertz CT molecular complexity index is 939. The van der Waals surface area contributed by atoms with Crippen LogP contribution >= 0.6 is 34.8 Å². The molecule has 0 aliphatic carbocycles. The molecule has 3 aromatic rings. The molecule has 0 atom stereocenters. The molecule has 1 aromatic heterocycles. The number of rotatable bonds is 5. The number of carbonyl (C=O) groups excluding carboxylic acids is 1. The molecule has 4 nitrogen and oxygen atoms in total. The van der Waals surface area contributed by atoms with E-state index in [-0.39, 0.29) is 12.5 Å². The molecular weight excluding hydrogens is 393 g/mol. The summed E-state index contributed by atoms with van der Waals surface area (Å²) in [5, 5.41) is 8.58. The van der Waals surface area contributed by atoms with Gasteiger partial charge in [-0.1, -0.05) is 71.2 Å². The van der Waals surface area contributed by atoms with Crippen molar-refractivity contribution in [2.24, 2.45) is 0 Å². The van der Waals surface area contributed by atoms with Crippen molar-refractivity contribution in [1.29, 1.82) is 0 Å². The molecule has 0 unspecified atom stereocenters. The van der Waals surface area contributed by atoms with Gasteiger partial charge in [-0.3, -0.25) is 4.79 Å². The first-order chi connectivity index (χ1) is 12.5. The standard InChI is InChI=1S/C19H16Cl3N3O/c1-12-17(18(22)25(24-12)11-13-5-3-2-4-6-13)19(26)23-10-14-7-8-15(20)9-16(14)21/h2-9H,10-11H2,1H3,(H,23,26). The summed E-state index contributed by atoms with van der Waals surface area (Å²) in [5.74, 6) is -0.294. The number of halogens is 3. The number of benzene rings is 2. The van der Waals surface area contributed by atoms with Gasteiger partial charge >= 0.3 is 0 Å². The lowest BCUT2D eigenvalue weighted by atomic mass is 10.2. The molecule has 0 saturated carbocycles. The second kappa shape index (κ2) is 8.12. The minimum absolute atomic E-state index is 0.272. The molecule has 3 rings (SSSR count). The van der Waals surface area contributed by atoms with Crippen molar-refractivity contribution in [1.82, 2.24) is 15.1 Å². The van der Waals surface area contributed by atoms with Crippen molar-refractivity contribution in [3.8, 4) is 0 Å². The van der Waals surface area contributed by atoms with Gasteiger partial charge in [0.1, 0.15) is 5.15 Å². The number of aryl methyl sites for hydroxylation is 1. The fourth-order valence-corrected chi connectivity index (χ4v) is 3.40. The van der Waals surface area contributed by atoms with Crippen molar-refractivity contribution in [3.05, 3.63) is 86.1 Å². The van der Waals surface area contributed by atoms with E-state index in [0.717, 1.165) is 11.1 Å². The number of hydrogen-bond donors (Lipinski definition) is 1. The molecule has 0 saturated heterocycles. The Morgan fingerprint density at radius 1 is 1.12 bits per heavy atom. The molecule has 7 heteroatoms. The first-order valence-electron chi connectivity index (χ1n) is 7.94. The van der Waals surface area contributed by atoms with Crippen molar-refractivity contribution in [2.75, 3.05) is 0 Å². The van der Waals surface area contributed by atoms with Gasteiger partial charge in [-0.15, -0.1) is 0 Å². The average molecular weight is 409 g/mol. The summed E-state index contributed by atoms with van der Waals surface area (Å²) >= 11 is 18.4. The van der Waals surface area contributed by atoms with Crippen molar-refractivity contribution < 1.29 is 4.79 Å². The molecule has 0 bridgehead atoms. The molecule has 2 aromatic carbocycles. The van der Waals surface area contributed by atoms with Crippen LogP contribution in [0.1, 0.15) is 27.2 Å². The van der Waals surface area contributed by atoms with Gasteiger partial charge in [-0.05, 0) is 30.2 Å². The average Bonchev–Trinajstić information content (AvgIpc) is 2.88. The summed E-state index contributed by atoms with van der Waals surface area (Å²) in [5.41, 5.74) is 2.77. The zero-order valence-corrected chi connectivity index (χ0v) is 16.2. The highest BCUT2D eigenvalue weighted by atomic mass is 35.5. The van der Waals surface area contributed by atoms with Crippen LogP contribution in [0, 0.1) is 6.92 Å². The lowest BCUT2D eigenvalue weighted by Gasteiger charge is -2.08. The maximum atomic E-state index is 12.6. The Labute approximate surface area is 166 Å². The van der Waals surface area contributed by atoms with Crippen LogP contribution in [0.2, 0.25) is 15.2 Å². The molecular formula is C19H16Cl3N3O. The van der Waals surface area contributed by atoms with E-state index in [9.17, 15) is 4.79 Å². The highest BCUT2D eigenvalue weighted by Crippen LogP contribution is 2.23. The summed E-state index contributed by atoms with van der Waals surface area (Å²) in [6.07, 6.45) is 0. The third-order valence-corrected chi connectivity index (χ3v) is 4.89. The largest absolute Gasteiger partial charge is 0.348 e. The number of hydrogen-bond acceptors (Lipinski definition) is 2. The third-order valence-electron chi connectivity index (χ3n) is 3.92. The van der Waals surface area contributed by atoms with E-state index in [2.05, 4.69) is 10.4 Å². The van der Waals surface area contributed by atoms with Crippen LogP contribution in [-0.2, 0) is 13.1 Å². The van der Waals surface area contributed by atoms with Gasteiger partial charge in [0.15, 0.2) is 0 Å². The Morgan fingerprint density at radius 2 is 1.85 bits per heavy atom. The van der Waals surface area contributed by atoms with Gasteiger partial charge in [0.25, 0.3) is 5.91 Å². The van der Waals surface area contributed by atoms with E-state index in [1.165, 1.54) is 0 Å². The molecule has 0 fully saturated rings. The summed E-state index contributed by atoms with van der Waals surface area (Å²) in [6.45, 7) is 2.53. The quantitative estimate of drug-likeness (QED) is 0.636. The van der Waals surface area contributed by atoms with Crippen LogP contribution in [0.15, 0.2) is 48.5 Å². The Balaban J connectivity index is 1.75. The van der Waals surface area contributed by atoms with Crippen molar-refractivity contribution in [2.45, 2.75) is 20.0 Å². The topological polar surface area (TPSA) is 46.9 Å². The van der Waals surface area contributed by atoms with E-state index >= 15 is 0 Å². The summed E-state index contributed by atoms with van der Waals surface area (Å²) in [4.78, 5) is 12.6. The molecule has 1 heterocycles. The minimum atomic E-state index is -0.294. The van der Waals surface area contributed by atoms with E-state index in [0.29, 0.717) is 33.0 Å². The second-order valence-corrected chi connectivity index (χ2v) is 7.01. The summed E-state index contributed by atoms with van der Waals surface area (Å²) in [6, 6.07) is 14.9. The van der Waals surface area contributed by atoms with Gasteiger partial charge in [0, 0.05) is 16.6 Å². The van der Waals surface area contributed by atoms with E-state index < -0.39 is 0 Å². The number of amides is 1. The van der Waals surface area contributed by atoms with E-state index in [1.54, 1.807) is 29.8 Å². The highest BCUT2D eigenvalue weighted by Gasteiger charge is 2.20. The van der Waals surface area contributed by atoms with Crippen LogP contribution < -0.4 is 5.32 Å². The number of nitrogens with zero attached hydrogens (tertiary/aromatic N) is 2. The van der Waals surface area contributed by atoms with Crippen LogP contribution in [0.3, 0.4) is 0 Å². The van der Waals surface area contributed by atoms with Gasteiger partial charge in [0.05, 0.1) is 17.8 Å². The van der Waals surface area contributed by atoms with Gasteiger partial charge < -0.3 is 5.32 Å². The fraction of sp³-hybridized carbons (Fsp3) is 0.158. The SMILES string of the molecule is Cc1nn(Cc2ccccc2)c(Cl)c1C(=O)NCc1ccc(Cl)cc1Cl. The van der Waals surface area contributed by atoms with Gasteiger partial charge in [0.2, 0.25) is 0 Å². The third kappa shape index (κ3) is 4.21. The zero-order chi connectivity index (χ0) is 18.7. The van der Waals surface area contributed by atoms with E-state index in [4.69, 9.17) is 34.8 Å². The van der Waals surface area contributed by atoms with Crippen LogP contribution in [0.5, 0.6) is 0 Å². The van der Waals surface area contributed by atoms with Crippen LogP contribution in [-0.4, -0.2) is 15.7 Å². The Morgan fingerprint density at radius 3 is 2.54 bits per heavy atom. The molecule has 0 spiro atoms. The highest BCUT2D eigenvalue weighted by molar-refractivity contribution is 6.35. The smallest absolute Gasteiger partial charge is 0.256 e. The number of carbonyl (C=O) groups is 1. The van der Waals surface area contributed by atoms with Crippen molar-refractivity contribution in [3.63, 3.8) is 0 Å². The molecule has 1 amide bonds. The first kappa shape index (κ1) is 18.8. The monoisotopic (exact) mass is 407 g/mol. The molecule has 0 aliphatic rings. The lowest BCUT2D eigenvalue weighted by molar-refractivity contribution is 0.0950. The summed E-state index contributed by atoms with van der Waals surface area (Å²) < 4.78 is 1.62. The molecule has 1 N–H and O–H groups in total. The number of nitrogens with one attached hydrogen (secondary N) is 1. The van der Waals surface area contributed by atoms with Crippen molar-refractivity contribution >= 4 is 40.7 Å². The Kier molecular flexibility index (Phi) is 5.87. The van der Waals surface area contributed by atoms with Crippen LogP contribution in [0.4, 0.5) is 0 Å². The van der Waals surface area contributed by atoms with Gasteiger partial charge in [-0.25, -0.2) is 4.68 Å². The fourth-order valence-electron chi connectivity index (χ4n) is 2.60. The maximum Gasteiger partial charge on any atom is 0.256 e. The predicted octanol–water partition coefficient (Wildman–Crippen LogP) is 5.13. The zero-order valence-electron chi connectivity index (χ0n) is 14.0. The summed E-state index contributed by atoms with van der Waals surface area (Å²) in [7, 11) is 0. The van der Waals surface area contributed by atoms with Crippen LogP contribution in [0.25, 0.3) is 0 Å². The second-order valence-electron chi connectivity index (χ2n) is 5.81. The number of aromatic nitrogens is 2. The molecule has 0 radical (unpaired) electrons. The molecule has 26 heavy (non-hydrogen) atoms. The molecule has 134 valence electrons. The lowest BCUT2D eigenvalue weighted by Crippen LogP contribution is -2.23. The van der Waals surface area contributed by atoms with E-state index in [1.807, 2.05) is 30.3 Å².